The van der Waals surface area contributed by atoms with Crippen LogP contribution in [0.1, 0.15) is 86.7 Å². The van der Waals surface area contributed by atoms with E-state index in [-0.39, 0.29) is 37.0 Å². The van der Waals surface area contributed by atoms with Crippen molar-refractivity contribution in [3.05, 3.63) is 168 Å². The van der Waals surface area contributed by atoms with Crippen LogP contribution in [0.25, 0.3) is 77.1 Å². The van der Waals surface area contributed by atoms with Gasteiger partial charge in [-0.3, -0.25) is 0 Å². The SMILES string of the molecule is CC(C)(C)c1ccc(-c2[c-]cccc2)nc1.[2H]C([2H])([2H])c1cnc(-c2[c-]ccc3c2oc2cc4c(ccc5ccccc54)cc23)cc1-c1ccc(C(C)C)cc1C(C)C.[Ir]. The molecule has 9 rings (SSSR count). The van der Waals surface area contributed by atoms with E-state index in [9.17, 15) is 0 Å². The van der Waals surface area contributed by atoms with Crippen LogP contribution in [0.4, 0.5) is 0 Å². The number of aromatic nitrogens is 2. The first kappa shape index (κ1) is 36.0. The second kappa shape index (κ2) is 16.2. The molecule has 0 aliphatic heterocycles. The van der Waals surface area contributed by atoms with Crippen molar-refractivity contribution in [2.45, 2.75) is 72.6 Å². The summed E-state index contributed by atoms with van der Waals surface area (Å²) in [6.07, 6.45) is 3.46. The molecule has 57 heavy (non-hydrogen) atoms. The van der Waals surface area contributed by atoms with E-state index in [4.69, 9.17) is 8.53 Å². The predicted octanol–water partition coefficient (Wildman–Crippen LogP) is 14.8. The first-order valence-electron chi connectivity index (χ1n) is 20.9. The summed E-state index contributed by atoms with van der Waals surface area (Å²) in [5.74, 6) is 0.585. The van der Waals surface area contributed by atoms with Crippen LogP contribution in [-0.2, 0) is 25.5 Å². The van der Waals surface area contributed by atoms with E-state index in [2.05, 4.69) is 149 Å². The maximum atomic E-state index is 8.33. The van der Waals surface area contributed by atoms with Gasteiger partial charge in [0.2, 0.25) is 0 Å². The van der Waals surface area contributed by atoms with Gasteiger partial charge in [-0.05, 0) is 103 Å². The summed E-state index contributed by atoms with van der Waals surface area (Å²) in [6.45, 7) is 12.9. The molecule has 6 aromatic carbocycles. The van der Waals surface area contributed by atoms with Gasteiger partial charge in [0.15, 0.2) is 0 Å². The molecule has 0 aliphatic carbocycles. The van der Waals surface area contributed by atoms with E-state index in [1.54, 1.807) is 0 Å². The Hall–Kier alpha value is -5.41. The fourth-order valence-electron chi connectivity index (χ4n) is 7.46. The van der Waals surface area contributed by atoms with Crippen LogP contribution in [0.5, 0.6) is 0 Å². The molecule has 0 unspecified atom stereocenters. The van der Waals surface area contributed by atoms with E-state index in [1.165, 1.54) is 28.1 Å². The Labute approximate surface area is 354 Å². The molecule has 0 spiro atoms. The van der Waals surface area contributed by atoms with Crippen molar-refractivity contribution in [3.63, 3.8) is 0 Å². The van der Waals surface area contributed by atoms with Gasteiger partial charge in [-0.1, -0.05) is 132 Å². The quantitative estimate of drug-likeness (QED) is 0.128. The number of fused-ring (bicyclic) bond motifs is 6. The molecule has 3 aromatic heterocycles. The summed E-state index contributed by atoms with van der Waals surface area (Å²) < 4.78 is 31.5. The molecule has 0 aliphatic rings. The molecule has 0 bridgehead atoms. The Morgan fingerprint density at radius 1 is 0.632 bits per heavy atom. The van der Waals surface area contributed by atoms with E-state index >= 15 is 0 Å². The van der Waals surface area contributed by atoms with Crippen molar-refractivity contribution in [1.29, 1.82) is 0 Å². The number of aryl methyl sites for hydroxylation is 1. The average molecular weight is 924 g/mol. The maximum Gasteiger partial charge on any atom is 0.121 e. The molecule has 0 saturated carbocycles. The third kappa shape index (κ3) is 7.95. The van der Waals surface area contributed by atoms with Gasteiger partial charge >= 0.3 is 0 Å². The number of hydrogen-bond acceptors (Lipinski definition) is 3. The minimum absolute atomic E-state index is 0. The van der Waals surface area contributed by atoms with Crippen molar-refractivity contribution >= 4 is 43.5 Å². The zero-order chi connectivity index (χ0) is 41.6. The molecule has 0 atom stereocenters. The summed E-state index contributed by atoms with van der Waals surface area (Å²) >= 11 is 0. The van der Waals surface area contributed by atoms with Gasteiger partial charge in [0, 0.05) is 42.0 Å². The van der Waals surface area contributed by atoms with Gasteiger partial charge in [-0.25, -0.2) is 0 Å². The van der Waals surface area contributed by atoms with Gasteiger partial charge in [0.05, 0.1) is 5.58 Å². The number of nitrogens with zero attached hydrogens (tertiary/aromatic N) is 2. The first-order chi connectivity index (χ1) is 28.2. The van der Waals surface area contributed by atoms with Crippen molar-refractivity contribution in [2.75, 3.05) is 0 Å². The Kier molecular flexibility index (Phi) is 10.2. The summed E-state index contributed by atoms with van der Waals surface area (Å²) in [5, 5.41) is 6.67. The predicted molar refractivity (Wildman–Crippen MR) is 236 cm³/mol. The van der Waals surface area contributed by atoms with Crippen molar-refractivity contribution in [1.82, 2.24) is 9.97 Å². The number of hydrogen-bond donors (Lipinski definition) is 0. The van der Waals surface area contributed by atoms with Crippen molar-refractivity contribution in [3.8, 4) is 33.6 Å². The van der Waals surface area contributed by atoms with Crippen molar-refractivity contribution in [2.24, 2.45) is 0 Å². The zero-order valence-corrected chi connectivity index (χ0v) is 35.9. The molecule has 0 saturated heterocycles. The molecule has 0 N–H and O–H groups in total. The van der Waals surface area contributed by atoms with Gasteiger partial charge < -0.3 is 14.4 Å². The van der Waals surface area contributed by atoms with Crippen LogP contribution in [0.3, 0.4) is 0 Å². The number of rotatable bonds is 5. The Bertz CT molecular complexity index is 2960. The molecule has 287 valence electrons. The number of benzene rings is 6. The largest absolute Gasteiger partial charge is 0.501 e. The minimum Gasteiger partial charge on any atom is -0.501 e. The molecular weight excluding hydrogens is 873 g/mol. The van der Waals surface area contributed by atoms with Crippen molar-refractivity contribution < 1.29 is 28.6 Å². The second-order valence-electron chi connectivity index (χ2n) is 16.3. The van der Waals surface area contributed by atoms with Gasteiger partial charge in [0.25, 0.3) is 0 Å². The third-order valence-corrected chi connectivity index (χ3v) is 10.7. The summed E-state index contributed by atoms with van der Waals surface area (Å²) in [6, 6.07) is 47.9. The standard InChI is InChI=1S/C38H32NO.C15H16N.Ir/c1-22(2)26-15-16-29(32(17-26)23(3)4)33-19-36(39-21-24(33)5)31-12-8-11-30-35-18-27-14-13-25-9-6-7-10-28(25)34(27)20-37(35)40-38(30)31;1-15(2,3)13-9-10-14(16-11-13)12-7-5-4-6-8-12;/h6-11,13-23H,1-5H3;4-7,9-11H,1-3H3;/q2*-1;/i5D3;;. The third-order valence-electron chi connectivity index (χ3n) is 10.7. The topological polar surface area (TPSA) is 38.9 Å². The molecule has 0 fully saturated rings. The zero-order valence-electron chi connectivity index (χ0n) is 36.5. The molecule has 1 radical (unpaired) electrons. The Balaban J connectivity index is 0.000000270. The number of furan rings is 1. The second-order valence-corrected chi connectivity index (χ2v) is 16.3. The monoisotopic (exact) mass is 924 g/mol. The van der Waals surface area contributed by atoms with E-state index < -0.39 is 6.85 Å². The molecule has 4 heteroatoms. The van der Waals surface area contributed by atoms with Crippen LogP contribution >= 0.6 is 0 Å². The van der Waals surface area contributed by atoms with Gasteiger partial charge in [-0.2, -0.15) is 0 Å². The van der Waals surface area contributed by atoms with Crippen LogP contribution in [0.15, 0.2) is 138 Å². The van der Waals surface area contributed by atoms with Crippen LogP contribution in [0.2, 0.25) is 0 Å². The molecule has 3 heterocycles. The Morgan fingerprint density at radius 2 is 1.42 bits per heavy atom. The average Bonchev–Trinajstić information content (AvgIpc) is 3.60. The maximum absolute atomic E-state index is 8.33. The molecule has 3 nitrogen and oxygen atoms in total. The summed E-state index contributed by atoms with van der Waals surface area (Å²) in [4.78, 5) is 9.17. The summed E-state index contributed by atoms with van der Waals surface area (Å²) in [5.41, 5.74) is 10.5. The van der Waals surface area contributed by atoms with Gasteiger partial charge in [0.1, 0.15) is 5.58 Å². The van der Waals surface area contributed by atoms with E-state index in [1.807, 2.05) is 48.7 Å². The fourth-order valence-corrected chi connectivity index (χ4v) is 7.46. The van der Waals surface area contributed by atoms with Crippen LogP contribution in [0, 0.1) is 19.0 Å². The van der Waals surface area contributed by atoms with Crippen LogP contribution < -0.4 is 0 Å². The summed E-state index contributed by atoms with van der Waals surface area (Å²) in [7, 11) is 0. The van der Waals surface area contributed by atoms with Gasteiger partial charge in [-0.15, -0.1) is 54.1 Å². The minimum atomic E-state index is -2.32. The van der Waals surface area contributed by atoms with E-state index in [0.29, 0.717) is 28.3 Å². The molecule has 0 amide bonds. The molecule has 9 aromatic rings. The number of pyridine rings is 2. The van der Waals surface area contributed by atoms with E-state index in [0.717, 1.165) is 49.5 Å². The normalized spacial score (nSPS) is 12.7. The van der Waals surface area contributed by atoms with Crippen LogP contribution in [-0.4, -0.2) is 9.97 Å². The molecular formula is C53H48IrN2O-2. The Morgan fingerprint density at radius 3 is 2.14 bits per heavy atom. The fraction of sp³-hybridized carbons (Fsp3) is 0.208. The first-order valence-corrected chi connectivity index (χ1v) is 19.4. The smallest absolute Gasteiger partial charge is 0.121 e.